The first-order valence-electron chi connectivity index (χ1n) is 5.68. The third-order valence-corrected chi connectivity index (χ3v) is 4.49. The van der Waals surface area contributed by atoms with E-state index in [1.165, 1.54) is 16.9 Å². The molecule has 0 saturated heterocycles. The fourth-order valence-electron chi connectivity index (χ4n) is 2.41. The maximum absolute atomic E-state index is 5.46. The van der Waals surface area contributed by atoms with Gasteiger partial charge in [-0.05, 0) is 30.3 Å². The van der Waals surface area contributed by atoms with E-state index >= 15 is 0 Å². The molecule has 0 radical (unpaired) electrons. The zero-order valence-electron chi connectivity index (χ0n) is 10.1. The van der Waals surface area contributed by atoms with Crippen LogP contribution in [-0.4, -0.2) is 19.9 Å². The Labute approximate surface area is 102 Å². The lowest BCUT2D eigenvalue weighted by atomic mass is 9.92. The molecule has 2 atom stereocenters. The average molecular weight is 237 g/mol. The third-order valence-electron chi connectivity index (χ3n) is 3.23. The number of ether oxygens (including phenoxy) is 1. The molecule has 1 aromatic rings. The highest BCUT2D eigenvalue weighted by molar-refractivity contribution is 7.98. The van der Waals surface area contributed by atoms with Crippen LogP contribution in [0.4, 0.5) is 0 Å². The maximum Gasteiger partial charge on any atom is 0.123 e. The van der Waals surface area contributed by atoms with Crippen molar-refractivity contribution in [1.82, 2.24) is 5.32 Å². The first-order chi connectivity index (χ1) is 7.77. The maximum atomic E-state index is 5.46. The largest absolute Gasteiger partial charge is 0.496 e. The number of nitrogens with one attached hydrogen (secondary N) is 1. The molecular weight excluding hydrogens is 218 g/mol. The highest BCUT2D eigenvalue weighted by atomic mass is 32.2. The molecule has 1 N–H and O–H groups in total. The molecule has 0 saturated carbocycles. The summed E-state index contributed by atoms with van der Waals surface area (Å²) in [5.74, 6) is 3.94. The molecule has 1 aliphatic heterocycles. The Balaban J connectivity index is 2.47. The van der Waals surface area contributed by atoms with Crippen molar-refractivity contribution in [3.63, 3.8) is 0 Å². The molecule has 1 heterocycles. The van der Waals surface area contributed by atoms with Crippen molar-refractivity contribution >= 4 is 11.8 Å². The van der Waals surface area contributed by atoms with Crippen LogP contribution in [-0.2, 0) is 5.75 Å². The van der Waals surface area contributed by atoms with Crippen LogP contribution < -0.4 is 10.1 Å². The summed E-state index contributed by atoms with van der Waals surface area (Å²) >= 11 is 2.00. The van der Waals surface area contributed by atoms with Crippen LogP contribution >= 0.6 is 11.8 Å². The second-order valence-corrected chi connectivity index (χ2v) is 5.32. The van der Waals surface area contributed by atoms with E-state index in [0.29, 0.717) is 12.0 Å². The number of hydrogen-bond acceptors (Lipinski definition) is 3. The Morgan fingerprint density at radius 1 is 1.44 bits per heavy atom. The van der Waals surface area contributed by atoms with Crippen molar-refractivity contribution in [3.8, 4) is 5.75 Å². The second kappa shape index (κ2) is 5.11. The van der Waals surface area contributed by atoms with Gasteiger partial charge in [-0.1, -0.05) is 19.1 Å². The molecule has 2 rings (SSSR count). The van der Waals surface area contributed by atoms with Crippen LogP contribution in [0.1, 0.15) is 24.1 Å². The van der Waals surface area contributed by atoms with Crippen LogP contribution in [0.15, 0.2) is 18.2 Å². The summed E-state index contributed by atoms with van der Waals surface area (Å²) in [6.45, 7) is 2.31. The van der Waals surface area contributed by atoms with Gasteiger partial charge in [0.25, 0.3) is 0 Å². The molecular formula is C13H19NOS. The van der Waals surface area contributed by atoms with Crippen LogP contribution in [0.3, 0.4) is 0 Å². The normalized spacial score (nSPS) is 24.7. The number of rotatable bonds is 2. The average Bonchev–Trinajstić information content (AvgIpc) is 2.46. The molecule has 1 aliphatic rings. The highest BCUT2D eigenvalue weighted by Crippen LogP contribution is 2.38. The van der Waals surface area contributed by atoms with Crippen molar-refractivity contribution in [3.05, 3.63) is 29.3 Å². The van der Waals surface area contributed by atoms with Gasteiger partial charge in [0.15, 0.2) is 0 Å². The molecule has 0 fully saturated rings. The van der Waals surface area contributed by atoms with E-state index < -0.39 is 0 Å². The fourth-order valence-corrected chi connectivity index (χ4v) is 3.60. The molecule has 0 aromatic heterocycles. The van der Waals surface area contributed by atoms with Crippen LogP contribution in [0.25, 0.3) is 0 Å². The van der Waals surface area contributed by atoms with E-state index in [9.17, 15) is 0 Å². The topological polar surface area (TPSA) is 21.3 Å². The van der Waals surface area contributed by atoms with E-state index in [0.717, 1.165) is 11.5 Å². The van der Waals surface area contributed by atoms with Crippen molar-refractivity contribution < 1.29 is 4.74 Å². The zero-order chi connectivity index (χ0) is 11.5. The Morgan fingerprint density at radius 3 is 2.94 bits per heavy atom. The molecule has 3 heteroatoms. The SMILES string of the molecule is CNC1c2cccc(OC)c2CSCC1C. The summed E-state index contributed by atoms with van der Waals surface area (Å²) in [5, 5.41) is 3.43. The van der Waals surface area contributed by atoms with Gasteiger partial charge in [-0.2, -0.15) is 11.8 Å². The molecule has 0 bridgehead atoms. The zero-order valence-corrected chi connectivity index (χ0v) is 10.9. The lowest BCUT2D eigenvalue weighted by molar-refractivity contribution is 0.405. The lowest BCUT2D eigenvalue weighted by Crippen LogP contribution is -2.24. The quantitative estimate of drug-likeness (QED) is 0.854. The lowest BCUT2D eigenvalue weighted by Gasteiger charge is -2.23. The molecule has 16 heavy (non-hydrogen) atoms. The van der Waals surface area contributed by atoms with Gasteiger partial charge in [0, 0.05) is 17.4 Å². The third kappa shape index (κ3) is 2.06. The van der Waals surface area contributed by atoms with E-state index in [-0.39, 0.29) is 0 Å². The molecule has 0 amide bonds. The summed E-state index contributed by atoms with van der Waals surface area (Å²) < 4.78 is 5.46. The second-order valence-electron chi connectivity index (χ2n) is 4.29. The number of thioether (sulfide) groups is 1. The first-order valence-corrected chi connectivity index (χ1v) is 6.84. The summed E-state index contributed by atoms with van der Waals surface area (Å²) in [6.07, 6.45) is 0. The van der Waals surface area contributed by atoms with Crippen LogP contribution in [0, 0.1) is 5.92 Å². The Bertz CT molecular complexity index is 367. The molecule has 0 aliphatic carbocycles. The minimum absolute atomic E-state index is 0.445. The number of hydrogen-bond donors (Lipinski definition) is 1. The minimum atomic E-state index is 0.445. The highest BCUT2D eigenvalue weighted by Gasteiger charge is 2.25. The van der Waals surface area contributed by atoms with Crippen molar-refractivity contribution in [2.45, 2.75) is 18.7 Å². The van der Waals surface area contributed by atoms with Gasteiger partial charge in [0.1, 0.15) is 5.75 Å². The van der Waals surface area contributed by atoms with Crippen LogP contribution in [0.2, 0.25) is 0 Å². The van der Waals surface area contributed by atoms with Gasteiger partial charge in [0.05, 0.1) is 7.11 Å². The van der Waals surface area contributed by atoms with Gasteiger partial charge in [-0.15, -0.1) is 0 Å². The van der Waals surface area contributed by atoms with E-state index in [1.807, 2.05) is 18.8 Å². The smallest absolute Gasteiger partial charge is 0.123 e. The van der Waals surface area contributed by atoms with Gasteiger partial charge < -0.3 is 10.1 Å². The summed E-state index contributed by atoms with van der Waals surface area (Å²) in [7, 11) is 3.80. The monoisotopic (exact) mass is 237 g/mol. The molecule has 2 unspecified atom stereocenters. The number of benzene rings is 1. The van der Waals surface area contributed by atoms with Gasteiger partial charge in [-0.25, -0.2) is 0 Å². The van der Waals surface area contributed by atoms with Crippen LogP contribution in [0.5, 0.6) is 5.75 Å². The predicted molar refractivity (Wildman–Crippen MR) is 70.1 cm³/mol. The van der Waals surface area contributed by atoms with E-state index in [2.05, 4.69) is 30.4 Å². The van der Waals surface area contributed by atoms with E-state index in [1.54, 1.807) is 7.11 Å². The molecule has 0 spiro atoms. The summed E-state index contributed by atoms with van der Waals surface area (Å²) in [6, 6.07) is 6.81. The van der Waals surface area contributed by atoms with Gasteiger partial charge in [-0.3, -0.25) is 0 Å². The number of fused-ring (bicyclic) bond motifs is 1. The van der Waals surface area contributed by atoms with E-state index in [4.69, 9.17) is 4.74 Å². The van der Waals surface area contributed by atoms with Gasteiger partial charge in [0.2, 0.25) is 0 Å². The van der Waals surface area contributed by atoms with Crippen molar-refractivity contribution in [1.29, 1.82) is 0 Å². The first kappa shape index (κ1) is 11.8. The molecule has 2 nitrogen and oxygen atoms in total. The molecule has 1 aromatic carbocycles. The molecule has 88 valence electrons. The fraction of sp³-hybridized carbons (Fsp3) is 0.538. The minimum Gasteiger partial charge on any atom is -0.496 e. The predicted octanol–water partition coefficient (Wildman–Crippen LogP) is 2.84. The number of methoxy groups -OCH3 is 1. The van der Waals surface area contributed by atoms with Gasteiger partial charge >= 0.3 is 0 Å². The van der Waals surface area contributed by atoms with Crippen molar-refractivity contribution in [2.24, 2.45) is 5.92 Å². The summed E-state index contributed by atoms with van der Waals surface area (Å²) in [4.78, 5) is 0. The van der Waals surface area contributed by atoms with Crippen molar-refractivity contribution in [2.75, 3.05) is 19.9 Å². The Hall–Kier alpha value is -0.670. The standard InChI is InChI=1S/C13H19NOS/c1-9-7-16-8-11-10(13(9)14-2)5-4-6-12(11)15-3/h4-6,9,13-14H,7-8H2,1-3H3. The Morgan fingerprint density at radius 2 is 2.25 bits per heavy atom. The summed E-state index contributed by atoms with van der Waals surface area (Å²) in [5.41, 5.74) is 2.76. The Kier molecular flexibility index (Phi) is 3.77.